The molecule has 1 aliphatic heterocycles. The van der Waals surface area contributed by atoms with Crippen LogP contribution in [0.4, 0.5) is 13.2 Å². The van der Waals surface area contributed by atoms with E-state index in [1.807, 2.05) is 0 Å². The predicted molar refractivity (Wildman–Crippen MR) is 91.1 cm³/mol. The van der Waals surface area contributed by atoms with Gasteiger partial charge >= 0.3 is 6.18 Å². The summed E-state index contributed by atoms with van der Waals surface area (Å²) in [6, 6.07) is 2.22. The van der Waals surface area contributed by atoms with Gasteiger partial charge in [0.25, 0.3) is 15.9 Å². The van der Waals surface area contributed by atoms with E-state index >= 15 is 0 Å². The van der Waals surface area contributed by atoms with Crippen LogP contribution in [-0.4, -0.2) is 37.7 Å². The van der Waals surface area contributed by atoms with Gasteiger partial charge in [-0.25, -0.2) is 13.1 Å². The third-order valence-electron chi connectivity index (χ3n) is 4.30. The summed E-state index contributed by atoms with van der Waals surface area (Å²) >= 11 is 0. The summed E-state index contributed by atoms with van der Waals surface area (Å²) in [5, 5.41) is 8.78. The Labute approximate surface area is 160 Å². The van der Waals surface area contributed by atoms with Crippen LogP contribution in [0.5, 0.6) is 0 Å². The number of hydrogen-bond acceptors (Lipinski definition) is 5. The molecular weight excluding hydrogens is 399 g/mol. The Morgan fingerprint density at radius 2 is 2.04 bits per heavy atom. The molecule has 0 bridgehead atoms. The number of nitrogens with zero attached hydrogens (tertiary/aromatic N) is 2. The van der Waals surface area contributed by atoms with Crippen molar-refractivity contribution in [2.24, 2.45) is 0 Å². The van der Waals surface area contributed by atoms with Crippen molar-refractivity contribution in [2.75, 3.05) is 6.54 Å². The van der Waals surface area contributed by atoms with Gasteiger partial charge in [-0.05, 0) is 37.5 Å². The molecule has 1 aromatic carbocycles. The van der Waals surface area contributed by atoms with E-state index in [2.05, 4.69) is 0 Å². The zero-order valence-corrected chi connectivity index (χ0v) is 15.7. The molecule has 1 aromatic rings. The fraction of sp³-hybridized carbons (Fsp3) is 0.471. The van der Waals surface area contributed by atoms with Crippen LogP contribution in [0.25, 0.3) is 0 Å². The highest BCUT2D eigenvalue weighted by atomic mass is 32.2. The lowest BCUT2D eigenvalue weighted by Crippen LogP contribution is -2.47. The fourth-order valence-corrected chi connectivity index (χ4v) is 4.02. The van der Waals surface area contributed by atoms with Crippen LogP contribution >= 0.6 is 0 Å². The molecule has 0 aliphatic carbocycles. The second kappa shape index (κ2) is 8.18. The van der Waals surface area contributed by atoms with Gasteiger partial charge in [-0.15, -0.1) is 0 Å². The summed E-state index contributed by atoms with van der Waals surface area (Å²) in [7, 11) is -4.61. The van der Waals surface area contributed by atoms with Crippen molar-refractivity contribution in [2.45, 2.75) is 49.7 Å². The number of nitriles is 1. The number of carbonyl (C=O) groups is 2. The molecule has 2 rings (SSSR count). The number of halogens is 3. The number of hydrogen-bond donors (Lipinski definition) is 1. The topological polar surface area (TPSA) is 107 Å². The number of nitrogens with one attached hydrogen (secondary N) is 1. The van der Waals surface area contributed by atoms with Gasteiger partial charge in [-0.1, -0.05) is 6.92 Å². The van der Waals surface area contributed by atoms with Gasteiger partial charge in [-0.3, -0.25) is 9.59 Å². The van der Waals surface area contributed by atoms with E-state index in [-0.39, 0.29) is 18.7 Å². The van der Waals surface area contributed by atoms with Gasteiger partial charge in [-0.2, -0.15) is 18.4 Å². The van der Waals surface area contributed by atoms with E-state index < -0.39 is 44.2 Å². The molecule has 2 amide bonds. The molecule has 0 radical (unpaired) electrons. The molecule has 152 valence electrons. The van der Waals surface area contributed by atoms with Gasteiger partial charge in [0.2, 0.25) is 5.91 Å². The first-order valence-electron chi connectivity index (χ1n) is 8.48. The summed E-state index contributed by atoms with van der Waals surface area (Å²) in [4.78, 5) is 25.0. The smallest absolute Gasteiger partial charge is 0.331 e. The van der Waals surface area contributed by atoms with Crippen molar-refractivity contribution in [1.82, 2.24) is 9.62 Å². The molecule has 0 spiro atoms. The summed E-state index contributed by atoms with van der Waals surface area (Å²) in [5.74, 6) is -1.25. The number of carbonyl (C=O) groups excluding carboxylic acids is 2. The van der Waals surface area contributed by atoms with Crippen LogP contribution in [0.1, 0.15) is 43.7 Å². The number of benzene rings is 1. The molecular formula is C17H18F3N3O4S. The fourth-order valence-electron chi connectivity index (χ4n) is 2.98. The van der Waals surface area contributed by atoms with Crippen LogP contribution < -0.4 is 4.72 Å². The standard InChI is InChI=1S/C17H18F3N3O4S/c1-2-4-15(24)23-8-3-5-14(23)16(25)22-28(26,27)12-7-6-11(10-21)13(9-12)17(18,19)20/h6-7,9,14H,2-5,8H2,1H3,(H,22,25). The Balaban J connectivity index is 2.27. The van der Waals surface area contributed by atoms with Gasteiger partial charge in [0, 0.05) is 13.0 Å². The molecule has 1 N–H and O–H groups in total. The Morgan fingerprint density at radius 1 is 1.36 bits per heavy atom. The van der Waals surface area contributed by atoms with E-state index in [1.54, 1.807) is 11.6 Å². The molecule has 7 nitrogen and oxygen atoms in total. The Kier molecular flexibility index (Phi) is 6.34. The Hall–Kier alpha value is -2.61. The average Bonchev–Trinajstić information content (AvgIpc) is 3.10. The SMILES string of the molecule is CCCC(=O)N1CCCC1C(=O)NS(=O)(=O)c1ccc(C#N)c(C(F)(F)F)c1. The summed E-state index contributed by atoms with van der Waals surface area (Å²) in [5.41, 5.74) is -2.14. The van der Waals surface area contributed by atoms with E-state index in [0.29, 0.717) is 25.5 Å². The Morgan fingerprint density at radius 3 is 2.61 bits per heavy atom. The molecule has 0 saturated carbocycles. The summed E-state index contributed by atoms with van der Waals surface area (Å²) in [6.45, 7) is 2.10. The van der Waals surface area contributed by atoms with Crippen LogP contribution in [0.3, 0.4) is 0 Å². The van der Waals surface area contributed by atoms with Gasteiger partial charge in [0.15, 0.2) is 0 Å². The van der Waals surface area contributed by atoms with Crippen LogP contribution in [0.15, 0.2) is 23.1 Å². The maximum atomic E-state index is 13.0. The van der Waals surface area contributed by atoms with Crippen molar-refractivity contribution >= 4 is 21.8 Å². The molecule has 1 atom stereocenters. The number of rotatable bonds is 5. The zero-order valence-electron chi connectivity index (χ0n) is 14.9. The lowest BCUT2D eigenvalue weighted by Gasteiger charge is -2.23. The molecule has 1 aliphatic rings. The third kappa shape index (κ3) is 4.62. The highest BCUT2D eigenvalue weighted by molar-refractivity contribution is 7.90. The molecule has 1 unspecified atom stereocenters. The average molecular weight is 417 g/mol. The van der Waals surface area contributed by atoms with Crippen molar-refractivity contribution in [3.63, 3.8) is 0 Å². The highest BCUT2D eigenvalue weighted by Crippen LogP contribution is 2.33. The second-order valence-corrected chi connectivity index (χ2v) is 7.96. The van der Waals surface area contributed by atoms with Crippen molar-refractivity contribution in [3.8, 4) is 6.07 Å². The first-order chi connectivity index (χ1) is 13.0. The lowest BCUT2D eigenvalue weighted by atomic mass is 10.1. The van der Waals surface area contributed by atoms with E-state index in [4.69, 9.17) is 5.26 Å². The number of alkyl halides is 3. The van der Waals surface area contributed by atoms with Gasteiger partial charge < -0.3 is 4.90 Å². The number of sulfonamides is 1. The first kappa shape index (κ1) is 21.7. The van der Waals surface area contributed by atoms with Crippen LogP contribution in [0, 0.1) is 11.3 Å². The normalized spacial score (nSPS) is 17.2. The summed E-state index contributed by atoms with van der Waals surface area (Å²) in [6.07, 6.45) is -3.38. The monoisotopic (exact) mass is 417 g/mol. The number of amides is 2. The van der Waals surface area contributed by atoms with Crippen molar-refractivity contribution < 1.29 is 31.2 Å². The van der Waals surface area contributed by atoms with E-state index in [1.165, 1.54) is 11.0 Å². The minimum Gasteiger partial charge on any atom is -0.331 e. The van der Waals surface area contributed by atoms with E-state index in [0.717, 1.165) is 12.1 Å². The molecule has 1 heterocycles. The first-order valence-corrected chi connectivity index (χ1v) is 9.97. The third-order valence-corrected chi connectivity index (χ3v) is 5.65. The van der Waals surface area contributed by atoms with Gasteiger partial charge in [0.05, 0.1) is 22.1 Å². The minimum atomic E-state index is -4.94. The highest BCUT2D eigenvalue weighted by Gasteiger charge is 2.37. The maximum absolute atomic E-state index is 13.0. The molecule has 0 aromatic heterocycles. The lowest BCUT2D eigenvalue weighted by molar-refractivity contribution is -0.138. The quantitative estimate of drug-likeness (QED) is 0.790. The van der Waals surface area contributed by atoms with Crippen LogP contribution in [0.2, 0.25) is 0 Å². The van der Waals surface area contributed by atoms with E-state index in [9.17, 15) is 31.2 Å². The summed E-state index contributed by atoms with van der Waals surface area (Å²) < 4.78 is 65.7. The molecule has 1 fully saturated rings. The maximum Gasteiger partial charge on any atom is 0.417 e. The zero-order chi connectivity index (χ0) is 21.1. The molecule has 1 saturated heterocycles. The second-order valence-electron chi connectivity index (χ2n) is 6.28. The van der Waals surface area contributed by atoms with Gasteiger partial charge in [0.1, 0.15) is 6.04 Å². The minimum absolute atomic E-state index is 0.209. The largest absolute Gasteiger partial charge is 0.417 e. The number of likely N-dealkylation sites (tertiary alicyclic amines) is 1. The molecule has 11 heteroatoms. The predicted octanol–water partition coefficient (Wildman–Crippen LogP) is 2.17. The van der Waals surface area contributed by atoms with Crippen molar-refractivity contribution in [3.05, 3.63) is 29.3 Å². The molecule has 28 heavy (non-hydrogen) atoms. The van der Waals surface area contributed by atoms with Crippen LogP contribution in [-0.2, 0) is 25.8 Å². The Bertz CT molecular complexity index is 923. The van der Waals surface area contributed by atoms with Crippen molar-refractivity contribution in [1.29, 1.82) is 5.26 Å².